The molecule has 0 saturated carbocycles. The van der Waals surface area contributed by atoms with Crippen LogP contribution in [0, 0.1) is 0 Å². The summed E-state index contributed by atoms with van der Waals surface area (Å²) in [6.07, 6.45) is 0.0115. The first-order valence-electron chi connectivity index (χ1n) is 6.00. The molecule has 6 nitrogen and oxygen atoms in total. The number of aliphatic hydroxyl groups is 1. The molecule has 1 amide bonds. The number of halogens is 1. The van der Waals surface area contributed by atoms with Crippen LogP contribution in [0.5, 0.6) is 0 Å². The number of carbonyl (C=O) groups excluding carboxylic acids is 1. The Hall–Kier alpha value is -0.960. The van der Waals surface area contributed by atoms with Crippen molar-refractivity contribution in [1.29, 1.82) is 0 Å². The zero-order valence-corrected chi connectivity index (χ0v) is 13.4. The smallest absolute Gasteiger partial charge is 0.240 e. The summed E-state index contributed by atoms with van der Waals surface area (Å²) in [7, 11) is -3.62. The lowest BCUT2D eigenvalue weighted by molar-refractivity contribution is -0.121. The molecule has 0 heterocycles. The molecule has 8 heteroatoms. The van der Waals surface area contributed by atoms with E-state index in [4.69, 9.17) is 5.11 Å². The second-order valence-electron chi connectivity index (χ2n) is 4.26. The van der Waals surface area contributed by atoms with Gasteiger partial charge < -0.3 is 10.4 Å². The third kappa shape index (κ3) is 5.58. The number of amides is 1. The Bertz CT molecular complexity index is 562. The molecule has 20 heavy (non-hydrogen) atoms. The normalized spacial score (nSPS) is 12.9. The van der Waals surface area contributed by atoms with Crippen LogP contribution in [0.1, 0.15) is 13.3 Å². The van der Waals surface area contributed by atoms with Crippen LogP contribution in [0.3, 0.4) is 0 Å². The molecule has 1 aromatic carbocycles. The molecule has 112 valence electrons. The van der Waals surface area contributed by atoms with Crippen molar-refractivity contribution in [2.24, 2.45) is 0 Å². The van der Waals surface area contributed by atoms with E-state index in [9.17, 15) is 13.2 Å². The lowest BCUT2D eigenvalue weighted by Crippen LogP contribution is -2.37. The number of aliphatic hydroxyl groups excluding tert-OH is 1. The first-order chi connectivity index (χ1) is 9.35. The molecule has 0 fully saturated rings. The largest absolute Gasteiger partial charge is 0.394 e. The highest BCUT2D eigenvalue weighted by Crippen LogP contribution is 2.15. The van der Waals surface area contributed by atoms with Gasteiger partial charge in [-0.2, -0.15) is 0 Å². The van der Waals surface area contributed by atoms with Crippen molar-refractivity contribution in [1.82, 2.24) is 10.0 Å². The molecule has 0 aromatic heterocycles. The van der Waals surface area contributed by atoms with Gasteiger partial charge in [-0.25, -0.2) is 13.1 Å². The third-order valence-electron chi connectivity index (χ3n) is 2.43. The Morgan fingerprint density at radius 2 is 2.15 bits per heavy atom. The maximum absolute atomic E-state index is 11.9. The summed E-state index contributed by atoms with van der Waals surface area (Å²) in [4.78, 5) is 11.6. The zero-order chi connectivity index (χ0) is 15.2. The van der Waals surface area contributed by atoms with Gasteiger partial charge in [0.2, 0.25) is 15.9 Å². The fourth-order valence-electron chi connectivity index (χ4n) is 1.41. The van der Waals surface area contributed by atoms with Crippen LogP contribution in [0.25, 0.3) is 0 Å². The number of rotatable bonds is 7. The standard InChI is InChI=1S/C12H17BrN2O4S/c1-9(8-16)15-12(17)5-6-14-20(18,19)11-4-2-3-10(13)7-11/h2-4,7,9,14,16H,5-6,8H2,1H3,(H,15,17). The molecule has 0 radical (unpaired) electrons. The maximum atomic E-state index is 11.9. The summed E-state index contributed by atoms with van der Waals surface area (Å²) in [5.41, 5.74) is 0. The summed E-state index contributed by atoms with van der Waals surface area (Å²) in [6.45, 7) is 1.50. The number of sulfonamides is 1. The predicted octanol–water partition coefficient (Wildman–Crippen LogP) is 0.615. The number of hydrogen-bond acceptors (Lipinski definition) is 4. The summed E-state index contributed by atoms with van der Waals surface area (Å²) in [5.74, 6) is -0.316. The van der Waals surface area contributed by atoms with Gasteiger partial charge in [-0.05, 0) is 25.1 Å². The average Bonchev–Trinajstić information content (AvgIpc) is 2.38. The summed E-state index contributed by atoms with van der Waals surface area (Å²) in [6, 6.07) is 5.96. The monoisotopic (exact) mass is 364 g/mol. The predicted molar refractivity (Wildman–Crippen MR) is 78.6 cm³/mol. The van der Waals surface area contributed by atoms with E-state index < -0.39 is 10.0 Å². The Labute approximate surface area is 126 Å². The Morgan fingerprint density at radius 3 is 2.75 bits per heavy atom. The van der Waals surface area contributed by atoms with Crippen molar-refractivity contribution < 1.29 is 18.3 Å². The van der Waals surface area contributed by atoms with Crippen molar-refractivity contribution in [3.05, 3.63) is 28.7 Å². The fraction of sp³-hybridized carbons (Fsp3) is 0.417. The minimum Gasteiger partial charge on any atom is -0.394 e. The van der Waals surface area contributed by atoms with Gasteiger partial charge in [0.15, 0.2) is 0 Å². The van der Waals surface area contributed by atoms with Gasteiger partial charge in [0.05, 0.1) is 11.5 Å². The number of hydrogen-bond donors (Lipinski definition) is 3. The quantitative estimate of drug-likeness (QED) is 0.660. The average molecular weight is 365 g/mol. The van der Waals surface area contributed by atoms with E-state index in [-0.39, 0.29) is 36.4 Å². The third-order valence-corrected chi connectivity index (χ3v) is 4.38. The SMILES string of the molecule is CC(CO)NC(=O)CCNS(=O)(=O)c1cccc(Br)c1. The minimum atomic E-state index is -3.62. The van der Waals surface area contributed by atoms with Gasteiger partial charge in [0.1, 0.15) is 0 Å². The molecule has 0 saturated heterocycles. The molecule has 1 aromatic rings. The van der Waals surface area contributed by atoms with Gasteiger partial charge in [0, 0.05) is 23.5 Å². The van der Waals surface area contributed by atoms with E-state index >= 15 is 0 Å². The van der Waals surface area contributed by atoms with E-state index in [0.717, 1.165) is 0 Å². The van der Waals surface area contributed by atoms with Crippen LogP contribution in [0.4, 0.5) is 0 Å². The molecule has 1 atom stereocenters. The van der Waals surface area contributed by atoms with Gasteiger partial charge in [-0.15, -0.1) is 0 Å². The Balaban J connectivity index is 2.51. The number of benzene rings is 1. The topological polar surface area (TPSA) is 95.5 Å². The van der Waals surface area contributed by atoms with Crippen molar-refractivity contribution in [2.75, 3.05) is 13.2 Å². The minimum absolute atomic E-state index is 0.00116. The number of carbonyl (C=O) groups is 1. The van der Waals surface area contributed by atoms with Gasteiger partial charge in [0.25, 0.3) is 0 Å². The lowest BCUT2D eigenvalue weighted by Gasteiger charge is -2.11. The highest BCUT2D eigenvalue weighted by atomic mass is 79.9. The van der Waals surface area contributed by atoms with E-state index in [0.29, 0.717) is 4.47 Å². The first kappa shape index (κ1) is 17.1. The second kappa shape index (κ2) is 7.72. The molecule has 0 bridgehead atoms. The lowest BCUT2D eigenvalue weighted by atomic mass is 10.3. The van der Waals surface area contributed by atoms with Gasteiger partial charge in [-0.3, -0.25) is 4.79 Å². The van der Waals surface area contributed by atoms with Crippen molar-refractivity contribution in [3.8, 4) is 0 Å². The van der Waals surface area contributed by atoms with E-state index in [2.05, 4.69) is 26.0 Å². The second-order valence-corrected chi connectivity index (χ2v) is 6.94. The Morgan fingerprint density at radius 1 is 1.45 bits per heavy atom. The van der Waals surface area contributed by atoms with Gasteiger partial charge >= 0.3 is 0 Å². The summed E-state index contributed by atoms with van der Waals surface area (Å²) < 4.78 is 26.9. The molecule has 1 rings (SSSR count). The fourth-order valence-corrected chi connectivity index (χ4v) is 3.04. The zero-order valence-electron chi connectivity index (χ0n) is 11.0. The van der Waals surface area contributed by atoms with Crippen LogP contribution < -0.4 is 10.0 Å². The molecule has 3 N–H and O–H groups in total. The van der Waals surface area contributed by atoms with E-state index in [1.807, 2.05) is 0 Å². The molecule has 0 aliphatic carbocycles. The highest BCUT2D eigenvalue weighted by molar-refractivity contribution is 9.10. The maximum Gasteiger partial charge on any atom is 0.240 e. The molecular formula is C12H17BrN2O4S. The summed E-state index contributed by atoms with van der Waals surface area (Å²) >= 11 is 3.20. The van der Waals surface area contributed by atoms with E-state index in [1.165, 1.54) is 12.1 Å². The van der Waals surface area contributed by atoms with Crippen LogP contribution in [0.15, 0.2) is 33.6 Å². The van der Waals surface area contributed by atoms with Crippen molar-refractivity contribution >= 4 is 31.9 Å². The molecule has 0 spiro atoms. The molecule has 1 unspecified atom stereocenters. The van der Waals surface area contributed by atoms with Crippen LogP contribution in [-0.4, -0.2) is 38.6 Å². The Kier molecular flexibility index (Phi) is 6.60. The van der Waals surface area contributed by atoms with Crippen molar-refractivity contribution in [3.63, 3.8) is 0 Å². The van der Waals surface area contributed by atoms with Crippen LogP contribution in [-0.2, 0) is 14.8 Å². The highest BCUT2D eigenvalue weighted by Gasteiger charge is 2.14. The molecule has 0 aliphatic heterocycles. The van der Waals surface area contributed by atoms with Crippen molar-refractivity contribution in [2.45, 2.75) is 24.3 Å². The first-order valence-corrected chi connectivity index (χ1v) is 8.28. The van der Waals surface area contributed by atoms with Crippen LogP contribution >= 0.6 is 15.9 Å². The number of nitrogens with one attached hydrogen (secondary N) is 2. The molecule has 0 aliphatic rings. The molecular weight excluding hydrogens is 348 g/mol. The van der Waals surface area contributed by atoms with Gasteiger partial charge in [-0.1, -0.05) is 22.0 Å². The summed E-state index contributed by atoms with van der Waals surface area (Å²) in [5, 5.41) is 11.3. The van der Waals surface area contributed by atoms with E-state index in [1.54, 1.807) is 19.1 Å². The van der Waals surface area contributed by atoms with Crippen LogP contribution in [0.2, 0.25) is 0 Å².